The number of benzene rings is 1. The molecule has 0 N–H and O–H groups in total. The number of likely N-dealkylation sites (tertiary alicyclic amines) is 1. The lowest BCUT2D eigenvalue weighted by atomic mass is 10.0. The molecule has 1 amide bonds. The van der Waals surface area contributed by atoms with Gasteiger partial charge >= 0.3 is 0 Å². The zero-order valence-electron chi connectivity index (χ0n) is 12.7. The molecule has 0 saturated carbocycles. The Morgan fingerprint density at radius 1 is 1.39 bits per heavy atom. The highest BCUT2D eigenvalue weighted by atomic mass is 35.5. The molecule has 0 bridgehead atoms. The minimum absolute atomic E-state index is 0.0189. The van der Waals surface area contributed by atoms with E-state index in [1.165, 1.54) is 0 Å². The van der Waals surface area contributed by atoms with Crippen molar-refractivity contribution in [1.82, 2.24) is 14.7 Å². The predicted molar refractivity (Wildman–Crippen MR) is 89.0 cm³/mol. The molecule has 0 atom stereocenters. The van der Waals surface area contributed by atoms with E-state index in [0.29, 0.717) is 21.7 Å². The summed E-state index contributed by atoms with van der Waals surface area (Å²) in [5.74, 6) is 0.870. The van der Waals surface area contributed by atoms with Gasteiger partial charge in [-0.15, -0.1) is 0 Å². The molecule has 1 aromatic carbocycles. The molecular weight excluding hydrogens is 337 g/mol. The van der Waals surface area contributed by atoms with Crippen LogP contribution in [0, 0.1) is 12.8 Å². The maximum Gasteiger partial charge on any atom is 0.260 e. The minimum Gasteiger partial charge on any atom is -0.482 e. The summed E-state index contributed by atoms with van der Waals surface area (Å²) in [6.45, 7) is 4.29. The van der Waals surface area contributed by atoms with Crippen molar-refractivity contribution in [1.29, 1.82) is 0 Å². The number of amides is 1. The Labute approximate surface area is 144 Å². The first-order valence-electron chi connectivity index (χ1n) is 7.36. The van der Waals surface area contributed by atoms with E-state index in [-0.39, 0.29) is 12.5 Å². The summed E-state index contributed by atoms with van der Waals surface area (Å²) in [5.41, 5.74) is 1.14. The first-order chi connectivity index (χ1) is 11.0. The van der Waals surface area contributed by atoms with Crippen molar-refractivity contribution in [2.45, 2.75) is 13.5 Å². The van der Waals surface area contributed by atoms with Gasteiger partial charge in [-0.3, -0.25) is 9.48 Å². The monoisotopic (exact) mass is 353 g/mol. The summed E-state index contributed by atoms with van der Waals surface area (Å²) in [4.78, 5) is 13.9. The Hall–Kier alpha value is -1.72. The van der Waals surface area contributed by atoms with E-state index in [4.69, 9.17) is 27.9 Å². The third-order valence-corrected chi connectivity index (χ3v) is 4.29. The summed E-state index contributed by atoms with van der Waals surface area (Å²) in [6, 6.07) is 4.94. The first-order valence-corrected chi connectivity index (χ1v) is 8.11. The number of rotatable bonds is 5. The molecule has 1 saturated heterocycles. The van der Waals surface area contributed by atoms with Gasteiger partial charge in [0.15, 0.2) is 6.61 Å². The maximum absolute atomic E-state index is 12.1. The van der Waals surface area contributed by atoms with E-state index in [1.807, 2.05) is 24.0 Å². The standard InChI is InChI=1S/C16H17Cl2N3O2/c1-11-5-19-21(6-11)9-12-7-20(8-12)16(22)10-23-15-3-2-13(17)4-14(15)18/h2-6,12H,7-10H2,1H3. The van der Waals surface area contributed by atoms with Crippen molar-refractivity contribution in [2.24, 2.45) is 5.92 Å². The first kappa shape index (κ1) is 16.1. The van der Waals surface area contributed by atoms with Gasteiger partial charge in [0, 0.05) is 36.8 Å². The highest BCUT2D eigenvalue weighted by Crippen LogP contribution is 2.27. The molecule has 2 heterocycles. The number of carbonyl (C=O) groups is 1. The summed E-state index contributed by atoms with van der Waals surface area (Å²) in [7, 11) is 0. The lowest BCUT2D eigenvalue weighted by Crippen LogP contribution is -2.52. The highest BCUT2D eigenvalue weighted by molar-refractivity contribution is 6.35. The molecule has 122 valence electrons. The second-order valence-electron chi connectivity index (χ2n) is 5.77. The fraction of sp³-hybridized carbons (Fsp3) is 0.375. The number of carbonyl (C=O) groups excluding carboxylic acids is 1. The quantitative estimate of drug-likeness (QED) is 0.829. The number of hydrogen-bond acceptors (Lipinski definition) is 3. The van der Waals surface area contributed by atoms with E-state index < -0.39 is 0 Å². The lowest BCUT2D eigenvalue weighted by molar-refractivity contribution is -0.140. The second kappa shape index (κ2) is 6.81. The normalized spacial score (nSPS) is 14.7. The second-order valence-corrected chi connectivity index (χ2v) is 6.61. The van der Waals surface area contributed by atoms with Crippen LogP contribution in [-0.4, -0.2) is 40.3 Å². The molecule has 1 fully saturated rings. The number of nitrogens with zero attached hydrogens (tertiary/aromatic N) is 3. The van der Waals surface area contributed by atoms with E-state index >= 15 is 0 Å². The van der Waals surface area contributed by atoms with Crippen molar-refractivity contribution in [3.05, 3.63) is 46.2 Å². The van der Waals surface area contributed by atoms with E-state index in [9.17, 15) is 4.79 Å². The van der Waals surface area contributed by atoms with Gasteiger partial charge in [-0.1, -0.05) is 23.2 Å². The molecule has 0 aliphatic carbocycles. The van der Waals surface area contributed by atoms with Crippen LogP contribution in [0.2, 0.25) is 10.0 Å². The molecule has 23 heavy (non-hydrogen) atoms. The molecule has 0 radical (unpaired) electrons. The van der Waals surface area contributed by atoms with Gasteiger partial charge in [0.1, 0.15) is 5.75 Å². The molecule has 7 heteroatoms. The Morgan fingerprint density at radius 2 is 2.17 bits per heavy atom. The summed E-state index contributed by atoms with van der Waals surface area (Å²) in [6.07, 6.45) is 3.85. The van der Waals surface area contributed by atoms with Crippen LogP contribution in [0.4, 0.5) is 0 Å². The Morgan fingerprint density at radius 3 is 2.83 bits per heavy atom. The molecule has 1 aliphatic rings. The van der Waals surface area contributed by atoms with Crippen molar-refractivity contribution in [2.75, 3.05) is 19.7 Å². The number of aryl methyl sites for hydroxylation is 1. The Kier molecular flexibility index (Phi) is 4.78. The maximum atomic E-state index is 12.1. The smallest absolute Gasteiger partial charge is 0.260 e. The van der Waals surface area contributed by atoms with E-state index in [1.54, 1.807) is 23.1 Å². The van der Waals surface area contributed by atoms with E-state index in [2.05, 4.69) is 5.10 Å². The summed E-state index contributed by atoms with van der Waals surface area (Å²) >= 11 is 11.8. The van der Waals surface area contributed by atoms with Gasteiger partial charge in [-0.05, 0) is 30.7 Å². The summed E-state index contributed by atoms with van der Waals surface area (Å²) < 4.78 is 7.39. The highest BCUT2D eigenvalue weighted by Gasteiger charge is 2.31. The van der Waals surface area contributed by atoms with Crippen LogP contribution in [0.3, 0.4) is 0 Å². The average Bonchev–Trinajstić information content (AvgIpc) is 2.86. The number of hydrogen-bond donors (Lipinski definition) is 0. The molecule has 0 unspecified atom stereocenters. The topological polar surface area (TPSA) is 47.4 Å². The van der Waals surface area contributed by atoms with Crippen molar-refractivity contribution in [3.63, 3.8) is 0 Å². The third kappa shape index (κ3) is 3.98. The SMILES string of the molecule is Cc1cnn(CC2CN(C(=O)COc3ccc(Cl)cc3Cl)C2)c1. The van der Waals surface area contributed by atoms with Crippen LogP contribution < -0.4 is 4.74 Å². The van der Waals surface area contributed by atoms with Crippen LogP contribution in [0.15, 0.2) is 30.6 Å². The minimum atomic E-state index is -0.0380. The largest absolute Gasteiger partial charge is 0.482 e. The lowest BCUT2D eigenvalue weighted by Gasteiger charge is -2.39. The number of halogens is 2. The fourth-order valence-electron chi connectivity index (χ4n) is 2.54. The van der Waals surface area contributed by atoms with Crippen LogP contribution in [0.5, 0.6) is 5.75 Å². The van der Waals surface area contributed by atoms with Crippen molar-refractivity contribution >= 4 is 29.1 Å². The van der Waals surface area contributed by atoms with Crippen molar-refractivity contribution in [3.8, 4) is 5.75 Å². The molecule has 3 rings (SSSR count). The molecular formula is C16H17Cl2N3O2. The molecule has 1 aromatic heterocycles. The Balaban J connectivity index is 1.43. The third-order valence-electron chi connectivity index (χ3n) is 3.76. The van der Waals surface area contributed by atoms with Gasteiger partial charge in [0.25, 0.3) is 5.91 Å². The van der Waals surface area contributed by atoms with Gasteiger partial charge in [0.2, 0.25) is 0 Å². The van der Waals surface area contributed by atoms with Crippen LogP contribution in [-0.2, 0) is 11.3 Å². The number of ether oxygens (including phenoxy) is 1. The predicted octanol–water partition coefficient (Wildman–Crippen LogP) is 3.04. The van der Waals surface area contributed by atoms with Gasteiger partial charge in [-0.2, -0.15) is 5.10 Å². The average molecular weight is 354 g/mol. The fourth-order valence-corrected chi connectivity index (χ4v) is 3.01. The summed E-state index contributed by atoms with van der Waals surface area (Å²) in [5, 5.41) is 5.20. The zero-order chi connectivity index (χ0) is 16.4. The van der Waals surface area contributed by atoms with Crippen LogP contribution in [0.1, 0.15) is 5.56 Å². The molecule has 0 spiro atoms. The van der Waals surface area contributed by atoms with Crippen LogP contribution >= 0.6 is 23.2 Å². The van der Waals surface area contributed by atoms with Gasteiger partial charge < -0.3 is 9.64 Å². The van der Waals surface area contributed by atoms with Crippen molar-refractivity contribution < 1.29 is 9.53 Å². The zero-order valence-corrected chi connectivity index (χ0v) is 14.2. The number of aromatic nitrogens is 2. The van der Waals surface area contributed by atoms with Crippen LogP contribution in [0.25, 0.3) is 0 Å². The van der Waals surface area contributed by atoms with Gasteiger partial charge in [0.05, 0.1) is 11.2 Å². The molecule has 1 aliphatic heterocycles. The molecule has 2 aromatic rings. The van der Waals surface area contributed by atoms with Gasteiger partial charge in [-0.25, -0.2) is 0 Å². The van der Waals surface area contributed by atoms with E-state index in [0.717, 1.165) is 25.2 Å². The Bertz CT molecular complexity index is 711. The molecule has 5 nitrogen and oxygen atoms in total.